The molecule has 2 fully saturated rings. The summed E-state index contributed by atoms with van der Waals surface area (Å²) in [5.74, 6) is -0.635. The molecule has 2 aromatic carbocycles. The zero-order valence-corrected chi connectivity index (χ0v) is 25.5. The number of rotatable bonds is 9. The van der Waals surface area contributed by atoms with Crippen LogP contribution in [0.4, 0.5) is 11.4 Å². The minimum absolute atomic E-state index is 0.0676. The van der Waals surface area contributed by atoms with Crippen LogP contribution in [0, 0.1) is 0 Å². The van der Waals surface area contributed by atoms with Gasteiger partial charge in [0.05, 0.1) is 36.6 Å². The van der Waals surface area contributed by atoms with Crippen LogP contribution in [-0.2, 0) is 32.0 Å². The van der Waals surface area contributed by atoms with Gasteiger partial charge in [-0.25, -0.2) is 0 Å². The molecule has 4 heterocycles. The van der Waals surface area contributed by atoms with E-state index in [1.54, 1.807) is 46.7 Å². The number of amides is 4. The van der Waals surface area contributed by atoms with E-state index in [0.717, 1.165) is 24.0 Å². The Morgan fingerprint density at radius 1 is 0.609 bits per heavy atom. The van der Waals surface area contributed by atoms with Crippen LogP contribution in [0.1, 0.15) is 36.8 Å². The summed E-state index contributed by atoms with van der Waals surface area (Å²) in [6.45, 7) is 1.10. The van der Waals surface area contributed by atoms with Crippen molar-refractivity contribution < 1.29 is 19.2 Å². The molecule has 0 bridgehead atoms. The number of nitrogens with one attached hydrogen (secondary N) is 2. The van der Waals surface area contributed by atoms with Gasteiger partial charge in [-0.15, -0.1) is 0 Å². The third-order valence-corrected chi connectivity index (χ3v) is 8.49. The van der Waals surface area contributed by atoms with E-state index in [1.165, 1.54) is 0 Å². The number of benzene rings is 2. The summed E-state index contributed by atoms with van der Waals surface area (Å²) in [6, 6.07) is 21.5. The van der Waals surface area contributed by atoms with Crippen molar-refractivity contribution in [2.24, 2.45) is 0 Å². The number of hydrogen-bond donors (Lipinski definition) is 2. The second-order valence-corrected chi connectivity index (χ2v) is 11.7. The van der Waals surface area contributed by atoms with Gasteiger partial charge in [-0.3, -0.25) is 29.1 Å². The molecule has 0 spiro atoms. The van der Waals surface area contributed by atoms with Crippen LogP contribution in [0.3, 0.4) is 0 Å². The van der Waals surface area contributed by atoms with Crippen molar-refractivity contribution >= 4 is 35.0 Å². The van der Waals surface area contributed by atoms with Crippen molar-refractivity contribution in [2.75, 3.05) is 23.7 Å². The van der Waals surface area contributed by atoms with Gasteiger partial charge in [-0.2, -0.15) is 0 Å². The van der Waals surface area contributed by atoms with E-state index in [9.17, 15) is 19.2 Å². The fourth-order valence-corrected chi connectivity index (χ4v) is 6.20. The minimum Gasteiger partial charge on any atom is -0.330 e. The molecule has 10 nitrogen and oxygen atoms in total. The first-order valence-electron chi connectivity index (χ1n) is 15.6. The highest BCUT2D eigenvalue weighted by Gasteiger charge is 2.35. The molecule has 46 heavy (non-hydrogen) atoms. The molecule has 0 saturated carbocycles. The summed E-state index contributed by atoms with van der Waals surface area (Å²) in [5, 5.41) is 5.87. The molecule has 2 N–H and O–H groups in total. The van der Waals surface area contributed by atoms with Gasteiger partial charge in [0.15, 0.2) is 0 Å². The Labute approximate surface area is 267 Å². The van der Waals surface area contributed by atoms with Gasteiger partial charge in [-0.05, 0) is 48.9 Å². The summed E-state index contributed by atoms with van der Waals surface area (Å²) in [4.78, 5) is 64.6. The molecule has 0 unspecified atom stereocenters. The third kappa shape index (κ3) is 7.28. The Morgan fingerprint density at radius 2 is 1.02 bits per heavy atom. The molecular formula is C36H36N6O4. The van der Waals surface area contributed by atoms with Gasteiger partial charge in [0.2, 0.25) is 23.6 Å². The van der Waals surface area contributed by atoms with Crippen LogP contribution in [0.5, 0.6) is 0 Å². The van der Waals surface area contributed by atoms with Gasteiger partial charge in [-0.1, -0.05) is 60.7 Å². The average Bonchev–Trinajstić information content (AvgIpc) is 3.77. The first-order valence-corrected chi connectivity index (χ1v) is 15.6. The molecule has 10 heteroatoms. The highest BCUT2D eigenvalue weighted by molar-refractivity contribution is 5.99. The third-order valence-electron chi connectivity index (χ3n) is 8.49. The predicted molar refractivity (Wildman–Crippen MR) is 174 cm³/mol. The zero-order valence-electron chi connectivity index (χ0n) is 25.5. The smallest absolute Gasteiger partial charge is 0.247 e. The zero-order chi connectivity index (χ0) is 31.9. The summed E-state index contributed by atoms with van der Waals surface area (Å²) in [7, 11) is 0. The number of carbonyl (C=O) groups is 4. The van der Waals surface area contributed by atoms with E-state index in [2.05, 4.69) is 20.6 Å². The number of aromatic nitrogens is 2. The Bertz CT molecular complexity index is 1590. The van der Waals surface area contributed by atoms with Crippen molar-refractivity contribution in [3.63, 3.8) is 0 Å². The largest absolute Gasteiger partial charge is 0.330 e. The lowest BCUT2D eigenvalue weighted by molar-refractivity contribution is -0.136. The molecule has 0 radical (unpaired) electrons. The molecular weight excluding hydrogens is 580 g/mol. The van der Waals surface area contributed by atoms with Gasteiger partial charge in [0.1, 0.15) is 12.1 Å². The highest BCUT2D eigenvalue weighted by atomic mass is 16.2. The standard InChI is InChI=1S/C36H36N6O4/c43-33(17-25-9-3-1-4-10-25)41-15-7-13-31(41)35(45)39-29-19-27(21-37-23-29)28-20-30(24-38-22-28)40-36(46)32-14-8-16-42(32)34(44)18-26-11-5-2-6-12-26/h1-6,9-12,19-24,31-32H,7-8,13-18H2,(H,39,45)(H,40,46)/t31-,32-/m0/s1. The van der Waals surface area contributed by atoms with Crippen LogP contribution < -0.4 is 10.6 Å². The fraction of sp³-hybridized carbons (Fsp3) is 0.278. The van der Waals surface area contributed by atoms with E-state index in [-0.39, 0.29) is 36.5 Å². The van der Waals surface area contributed by atoms with Crippen LogP contribution in [0.2, 0.25) is 0 Å². The SMILES string of the molecule is O=C(Nc1cncc(-c2cncc(NC(=O)[C@@H]3CCCN3C(=O)Cc3ccccc3)c2)c1)[C@@H]1CCCN1C(=O)Cc1ccccc1. The number of likely N-dealkylation sites (tertiary alicyclic amines) is 2. The summed E-state index contributed by atoms with van der Waals surface area (Å²) < 4.78 is 0. The molecule has 0 aliphatic carbocycles. The normalized spacial score (nSPS) is 17.5. The van der Waals surface area contributed by atoms with Gasteiger partial charge < -0.3 is 20.4 Å². The Hall–Kier alpha value is -5.38. The molecule has 2 atom stereocenters. The van der Waals surface area contributed by atoms with Crippen LogP contribution in [0.25, 0.3) is 11.1 Å². The maximum atomic E-state index is 13.3. The molecule has 2 aliphatic heterocycles. The maximum absolute atomic E-state index is 13.3. The fourth-order valence-electron chi connectivity index (χ4n) is 6.20. The lowest BCUT2D eigenvalue weighted by Crippen LogP contribution is -2.43. The van der Waals surface area contributed by atoms with E-state index in [4.69, 9.17) is 0 Å². The first-order chi connectivity index (χ1) is 22.4. The second-order valence-electron chi connectivity index (χ2n) is 11.7. The van der Waals surface area contributed by atoms with Gasteiger partial charge in [0, 0.05) is 36.6 Å². The number of nitrogens with zero attached hydrogens (tertiary/aromatic N) is 4. The van der Waals surface area contributed by atoms with Crippen molar-refractivity contribution in [1.29, 1.82) is 0 Å². The Morgan fingerprint density at radius 3 is 1.43 bits per heavy atom. The Kier molecular flexibility index (Phi) is 9.43. The van der Waals surface area contributed by atoms with Crippen molar-refractivity contribution in [3.8, 4) is 11.1 Å². The highest BCUT2D eigenvalue weighted by Crippen LogP contribution is 2.26. The molecule has 2 aromatic heterocycles. The van der Waals surface area contributed by atoms with E-state index >= 15 is 0 Å². The number of carbonyl (C=O) groups excluding carboxylic acids is 4. The number of pyridine rings is 2. The summed E-state index contributed by atoms with van der Waals surface area (Å²) >= 11 is 0. The van der Waals surface area contributed by atoms with Crippen LogP contribution >= 0.6 is 0 Å². The maximum Gasteiger partial charge on any atom is 0.247 e. The summed E-state index contributed by atoms with van der Waals surface area (Å²) in [5.41, 5.74) is 4.23. The molecule has 2 saturated heterocycles. The lowest BCUT2D eigenvalue weighted by atomic mass is 10.1. The minimum atomic E-state index is -0.546. The Balaban J connectivity index is 1.09. The van der Waals surface area contributed by atoms with E-state index < -0.39 is 12.1 Å². The van der Waals surface area contributed by atoms with Crippen LogP contribution in [0.15, 0.2) is 97.6 Å². The van der Waals surface area contributed by atoms with Crippen molar-refractivity contribution in [1.82, 2.24) is 19.8 Å². The van der Waals surface area contributed by atoms with Crippen LogP contribution in [-0.4, -0.2) is 68.6 Å². The van der Waals surface area contributed by atoms with Crippen molar-refractivity contribution in [3.05, 3.63) is 109 Å². The topological polar surface area (TPSA) is 125 Å². The summed E-state index contributed by atoms with van der Waals surface area (Å²) in [6.07, 6.45) is 9.67. The quantitative estimate of drug-likeness (QED) is 0.286. The molecule has 4 amide bonds. The van der Waals surface area contributed by atoms with Gasteiger partial charge >= 0.3 is 0 Å². The van der Waals surface area contributed by atoms with Crippen molar-refractivity contribution in [2.45, 2.75) is 50.6 Å². The molecule has 2 aliphatic rings. The average molecular weight is 617 g/mol. The lowest BCUT2D eigenvalue weighted by Gasteiger charge is -2.24. The van der Waals surface area contributed by atoms with Gasteiger partial charge in [0.25, 0.3) is 0 Å². The number of anilines is 2. The molecule has 4 aromatic rings. The monoisotopic (exact) mass is 616 g/mol. The van der Waals surface area contributed by atoms with E-state index in [1.807, 2.05) is 60.7 Å². The molecule has 234 valence electrons. The van der Waals surface area contributed by atoms with E-state index in [0.29, 0.717) is 48.4 Å². The predicted octanol–water partition coefficient (Wildman–Crippen LogP) is 4.49. The number of hydrogen-bond acceptors (Lipinski definition) is 6. The second kappa shape index (κ2) is 14.2. The first kappa shape index (κ1) is 30.6. The molecule has 6 rings (SSSR count).